The number of rotatable bonds is 4. The van der Waals surface area contributed by atoms with Gasteiger partial charge in [0.1, 0.15) is 0 Å². The lowest BCUT2D eigenvalue weighted by atomic mass is 10.0. The second-order valence-electron chi connectivity index (χ2n) is 4.49. The summed E-state index contributed by atoms with van der Waals surface area (Å²) in [6.07, 6.45) is 5.72. The maximum atomic E-state index is 5.83. The van der Waals surface area contributed by atoms with Crippen molar-refractivity contribution in [3.8, 4) is 0 Å². The number of aromatic nitrogens is 1. The molecule has 2 unspecified atom stereocenters. The van der Waals surface area contributed by atoms with E-state index >= 15 is 0 Å². The van der Waals surface area contributed by atoms with Crippen molar-refractivity contribution in [2.75, 3.05) is 13.6 Å². The lowest BCUT2D eigenvalue weighted by Gasteiger charge is -2.28. The highest BCUT2D eigenvalue weighted by molar-refractivity contribution is 7.15. The molecular weight excluding hydrogens is 242 g/mol. The predicted octanol–water partition coefficient (Wildman–Crippen LogP) is 2.36. The fourth-order valence-corrected chi connectivity index (χ4v) is 3.63. The lowest BCUT2D eigenvalue weighted by Crippen LogP contribution is -2.37. The zero-order valence-corrected chi connectivity index (χ0v) is 11.1. The van der Waals surface area contributed by atoms with Crippen molar-refractivity contribution >= 4 is 22.9 Å². The van der Waals surface area contributed by atoms with Crippen molar-refractivity contribution in [1.29, 1.82) is 0 Å². The Labute approximate surface area is 106 Å². The predicted molar refractivity (Wildman–Crippen MR) is 68.8 cm³/mol. The molecule has 1 aliphatic carbocycles. The van der Waals surface area contributed by atoms with E-state index in [1.165, 1.54) is 24.1 Å². The molecule has 2 N–H and O–H groups in total. The van der Waals surface area contributed by atoms with Gasteiger partial charge in [0.25, 0.3) is 0 Å². The van der Waals surface area contributed by atoms with Crippen LogP contribution in [0.15, 0.2) is 6.20 Å². The first-order valence-electron chi connectivity index (χ1n) is 5.71. The minimum Gasteiger partial charge on any atom is -0.330 e. The standard InChI is InChI=1S/C11H18ClN3S/c1-15(7-9-6-14-11(12)16-9)10-4-2-3-8(10)5-13/h6,8,10H,2-5,7,13H2,1H3. The number of hydrogen-bond donors (Lipinski definition) is 1. The van der Waals surface area contributed by atoms with Gasteiger partial charge in [-0.15, -0.1) is 11.3 Å². The van der Waals surface area contributed by atoms with Crippen LogP contribution in [0.3, 0.4) is 0 Å². The minimum absolute atomic E-state index is 0.630. The first-order valence-corrected chi connectivity index (χ1v) is 6.90. The first kappa shape index (κ1) is 12.3. The van der Waals surface area contributed by atoms with Crippen molar-refractivity contribution in [2.24, 2.45) is 11.7 Å². The van der Waals surface area contributed by atoms with E-state index in [4.69, 9.17) is 17.3 Å². The van der Waals surface area contributed by atoms with Gasteiger partial charge in [0.15, 0.2) is 4.47 Å². The largest absolute Gasteiger partial charge is 0.330 e. The third kappa shape index (κ3) is 2.74. The molecule has 2 atom stereocenters. The monoisotopic (exact) mass is 259 g/mol. The molecule has 1 aromatic heterocycles. The summed E-state index contributed by atoms with van der Waals surface area (Å²) in [6, 6.07) is 0.630. The Bertz CT molecular complexity index is 342. The fourth-order valence-electron chi connectivity index (χ4n) is 2.59. The van der Waals surface area contributed by atoms with Gasteiger partial charge in [0.2, 0.25) is 0 Å². The Balaban J connectivity index is 1.94. The van der Waals surface area contributed by atoms with Crippen molar-refractivity contribution in [1.82, 2.24) is 9.88 Å². The van der Waals surface area contributed by atoms with E-state index in [2.05, 4.69) is 16.9 Å². The van der Waals surface area contributed by atoms with Gasteiger partial charge in [-0.1, -0.05) is 18.0 Å². The summed E-state index contributed by atoms with van der Waals surface area (Å²) in [6.45, 7) is 1.74. The smallest absolute Gasteiger partial charge is 0.183 e. The van der Waals surface area contributed by atoms with Crippen LogP contribution >= 0.6 is 22.9 Å². The molecule has 0 saturated heterocycles. The van der Waals surface area contributed by atoms with E-state index in [9.17, 15) is 0 Å². The fraction of sp³-hybridized carbons (Fsp3) is 0.727. The van der Waals surface area contributed by atoms with Gasteiger partial charge in [0, 0.05) is 23.7 Å². The number of thiazole rings is 1. The Hall–Kier alpha value is -0.160. The third-order valence-electron chi connectivity index (χ3n) is 3.42. The second-order valence-corrected chi connectivity index (χ2v) is 6.19. The van der Waals surface area contributed by atoms with Crippen LogP contribution in [-0.4, -0.2) is 29.5 Å². The van der Waals surface area contributed by atoms with Crippen LogP contribution in [0.5, 0.6) is 0 Å². The van der Waals surface area contributed by atoms with Crippen LogP contribution < -0.4 is 5.73 Å². The lowest BCUT2D eigenvalue weighted by molar-refractivity contribution is 0.194. The molecule has 1 fully saturated rings. The Kier molecular flexibility index (Phi) is 4.19. The van der Waals surface area contributed by atoms with Gasteiger partial charge in [-0.2, -0.15) is 0 Å². The van der Waals surface area contributed by atoms with E-state index in [1.54, 1.807) is 11.3 Å². The summed E-state index contributed by atoms with van der Waals surface area (Å²) < 4.78 is 0.630. The molecule has 0 radical (unpaired) electrons. The molecule has 0 aromatic carbocycles. The maximum absolute atomic E-state index is 5.83. The Morgan fingerprint density at radius 1 is 1.62 bits per heavy atom. The molecule has 90 valence electrons. The van der Waals surface area contributed by atoms with Crippen molar-refractivity contribution in [2.45, 2.75) is 31.8 Å². The molecule has 3 nitrogen and oxygen atoms in total. The molecule has 0 amide bonds. The molecule has 1 saturated carbocycles. The highest BCUT2D eigenvalue weighted by atomic mass is 35.5. The number of nitrogens with zero attached hydrogens (tertiary/aromatic N) is 2. The Morgan fingerprint density at radius 2 is 2.44 bits per heavy atom. The quantitative estimate of drug-likeness (QED) is 0.903. The SMILES string of the molecule is CN(Cc1cnc(Cl)s1)C1CCCC1CN. The zero-order valence-electron chi connectivity index (χ0n) is 9.53. The van der Waals surface area contributed by atoms with Gasteiger partial charge >= 0.3 is 0 Å². The molecule has 1 heterocycles. The average molecular weight is 260 g/mol. The number of hydrogen-bond acceptors (Lipinski definition) is 4. The molecule has 1 aliphatic rings. The highest BCUT2D eigenvalue weighted by Crippen LogP contribution is 2.30. The van der Waals surface area contributed by atoms with Gasteiger partial charge in [-0.05, 0) is 32.4 Å². The molecule has 0 bridgehead atoms. The average Bonchev–Trinajstić information content (AvgIpc) is 2.86. The molecule has 2 rings (SSSR count). The van der Waals surface area contributed by atoms with Crippen LogP contribution in [0, 0.1) is 5.92 Å². The topological polar surface area (TPSA) is 42.2 Å². The van der Waals surface area contributed by atoms with E-state index in [-0.39, 0.29) is 0 Å². The number of halogens is 1. The van der Waals surface area contributed by atoms with Crippen LogP contribution in [0.25, 0.3) is 0 Å². The molecule has 0 spiro atoms. The normalized spacial score (nSPS) is 25.5. The minimum atomic E-state index is 0.630. The molecule has 0 aliphatic heterocycles. The van der Waals surface area contributed by atoms with Gasteiger partial charge in [0.05, 0.1) is 0 Å². The molecule has 1 aromatic rings. The highest BCUT2D eigenvalue weighted by Gasteiger charge is 2.29. The van der Waals surface area contributed by atoms with E-state index in [0.717, 1.165) is 13.1 Å². The zero-order chi connectivity index (χ0) is 11.5. The Morgan fingerprint density at radius 3 is 3.06 bits per heavy atom. The summed E-state index contributed by atoms with van der Waals surface area (Å²) in [5, 5.41) is 0. The summed E-state index contributed by atoms with van der Waals surface area (Å²) >= 11 is 7.39. The molecule has 5 heteroatoms. The third-order valence-corrected chi connectivity index (χ3v) is 4.52. The first-order chi connectivity index (χ1) is 7.70. The second kappa shape index (κ2) is 5.45. The summed E-state index contributed by atoms with van der Waals surface area (Å²) in [5.74, 6) is 0.661. The molecular formula is C11H18ClN3S. The van der Waals surface area contributed by atoms with Crippen LogP contribution in [-0.2, 0) is 6.54 Å². The van der Waals surface area contributed by atoms with Crippen molar-refractivity contribution in [3.63, 3.8) is 0 Å². The summed E-state index contributed by atoms with van der Waals surface area (Å²) in [7, 11) is 2.17. The number of nitrogens with two attached hydrogens (primary N) is 1. The summed E-state index contributed by atoms with van der Waals surface area (Å²) in [5.41, 5.74) is 5.80. The van der Waals surface area contributed by atoms with Crippen LogP contribution in [0.4, 0.5) is 0 Å². The van der Waals surface area contributed by atoms with Gasteiger partial charge in [-0.3, -0.25) is 4.90 Å². The van der Waals surface area contributed by atoms with Gasteiger partial charge in [-0.25, -0.2) is 4.98 Å². The van der Waals surface area contributed by atoms with Crippen molar-refractivity contribution in [3.05, 3.63) is 15.5 Å². The van der Waals surface area contributed by atoms with Crippen LogP contribution in [0.2, 0.25) is 4.47 Å². The maximum Gasteiger partial charge on any atom is 0.183 e. The van der Waals surface area contributed by atoms with Crippen LogP contribution in [0.1, 0.15) is 24.1 Å². The van der Waals surface area contributed by atoms with Gasteiger partial charge < -0.3 is 5.73 Å². The van der Waals surface area contributed by atoms with E-state index < -0.39 is 0 Å². The van der Waals surface area contributed by atoms with E-state index in [1.807, 2.05) is 6.20 Å². The molecule has 16 heavy (non-hydrogen) atoms. The van der Waals surface area contributed by atoms with E-state index in [0.29, 0.717) is 16.4 Å². The summed E-state index contributed by atoms with van der Waals surface area (Å²) in [4.78, 5) is 7.70. The van der Waals surface area contributed by atoms with Crippen molar-refractivity contribution < 1.29 is 0 Å².